The van der Waals surface area contributed by atoms with Crippen molar-refractivity contribution in [3.8, 4) is 22.9 Å². The van der Waals surface area contributed by atoms with Crippen molar-refractivity contribution in [2.75, 3.05) is 27.9 Å². The highest BCUT2D eigenvalue weighted by molar-refractivity contribution is 9.10. The molecule has 0 aliphatic rings. The molecule has 0 bridgehead atoms. The predicted octanol–water partition coefficient (Wildman–Crippen LogP) is 6.33. The maximum Gasteiger partial charge on any atom is 0.145 e. The molecular formula is C28H31BrN2O4. The van der Waals surface area contributed by atoms with Gasteiger partial charge in [-0.25, -0.2) is 4.98 Å². The molecule has 0 saturated heterocycles. The summed E-state index contributed by atoms with van der Waals surface area (Å²) in [7, 11) is 4.93. The van der Waals surface area contributed by atoms with E-state index in [1.807, 2.05) is 30.3 Å². The number of rotatable bonds is 9. The smallest absolute Gasteiger partial charge is 0.145 e. The molecule has 4 rings (SSSR count). The number of aromatic nitrogens is 2. The summed E-state index contributed by atoms with van der Waals surface area (Å²) >= 11 is 3.74. The van der Waals surface area contributed by atoms with Crippen LogP contribution in [0.4, 0.5) is 0 Å². The second kappa shape index (κ2) is 10.8. The Kier molecular flexibility index (Phi) is 7.79. The summed E-state index contributed by atoms with van der Waals surface area (Å²) in [4.78, 5) is 5.03. The van der Waals surface area contributed by atoms with Crippen LogP contribution >= 0.6 is 15.9 Å². The number of nitrogens with zero attached hydrogens (tertiary/aromatic N) is 2. The molecule has 0 spiro atoms. The molecule has 1 atom stereocenters. The molecular weight excluding hydrogens is 508 g/mol. The molecule has 6 nitrogen and oxygen atoms in total. The Hall–Kier alpha value is -2.87. The van der Waals surface area contributed by atoms with Gasteiger partial charge in [0.25, 0.3) is 0 Å². The highest BCUT2D eigenvalue weighted by Gasteiger charge is 2.24. The Morgan fingerprint density at radius 2 is 1.71 bits per heavy atom. The minimum Gasteiger partial charge on any atom is -0.497 e. The van der Waals surface area contributed by atoms with E-state index in [4.69, 9.17) is 19.2 Å². The van der Waals surface area contributed by atoms with Gasteiger partial charge in [0.1, 0.15) is 34.5 Å². The first-order valence-electron chi connectivity index (χ1n) is 11.6. The lowest BCUT2D eigenvalue weighted by atomic mass is 10.0. The van der Waals surface area contributed by atoms with Gasteiger partial charge in [0.2, 0.25) is 0 Å². The highest BCUT2D eigenvalue weighted by atomic mass is 79.9. The molecule has 0 fully saturated rings. The number of halogens is 1. The summed E-state index contributed by atoms with van der Waals surface area (Å²) in [6.07, 6.45) is -0.893. The topological polar surface area (TPSA) is 65.7 Å². The third-order valence-corrected chi connectivity index (χ3v) is 7.06. The van der Waals surface area contributed by atoms with Crippen molar-refractivity contribution < 1.29 is 19.3 Å². The number of aliphatic hydroxyl groups is 1. The fourth-order valence-corrected chi connectivity index (χ4v) is 4.86. The average molecular weight is 539 g/mol. The Labute approximate surface area is 214 Å². The monoisotopic (exact) mass is 538 g/mol. The summed E-state index contributed by atoms with van der Waals surface area (Å²) in [6.45, 7) is 5.49. The van der Waals surface area contributed by atoms with Gasteiger partial charge in [0.05, 0.1) is 25.3 Å². The van der Waals surface area contributed by atoms with Crippen molar-refractivity contribution in [3.63, 3.8) is 0 Å². The van der Waals surface area contributed by atoms with Crippen LogP contribution in [0.1, 0.15) is 42.6 Å². The summed E-state index contributed by atoms with van der Waals surface area (Å²) in [5, 5.41) is 11.3. The maximum atomic E-state index is 11.3. The molecule has 7 heteroatoms. The van der Waals surface area contributed by atoms with E-state index < -0.39 is 6.10 Å². The first-order valence-corrected chi connectivity index (χ1v) is 12.4. The van der Waals surface area contributed by atoms with Gasteiger partial charge in [-0.3, -0.25) is 0 Å². The summed E-state index contributed by atoms with van der Waals surface area (Å²) < 4.78 is 19.4. The molecule has 0 radical (unpaired) electrons. The van der Waals surface area contributed by atoms with Crippen LogP contribution in [0, 0.1) is 0 Å². The van der Waals surface area contributed by atoms with Crippen LogP contribution in [0.5, 0.6) is 11.5 Å². The van der Waals surface area contributed by atoms with E-state index in [1.54, 1.807) is 21.3 Å². The van der Waals surface area contributed by atoms with Gasteiger partial charge in [0, 0.05) is 24.8 Å². The summed E-state index contributed by atoms with van der Waals surface area (Å²) in [5.74, 6) is 2.58. The van der Waals surface area contributed by atoms with Crippen LogP contribution < -0.4 is 9.47 Å². The van der Waals surface area contributed by atoms with E-state index in [2.05, 4.69) is 58.6 Å². The summed E-state index contributed by atoms with van der Waals surface area (Å²) in [5.41, 5.74) is 5.23. The van der Waals surface area contributed by atoms with Crippen molar-refractivity contribution in [1.29, 1.82) is 0 Å². The SMILES string of the molecule is COCCn1c(-c2ccc(C(C)C)cc2)nc2c(Br)c(C(O)c3cccc(OC)c3)cc(OC)c21. The van der Waals surface area contributed by atoms with Gasteiger partial charge in [0.15, 0.2) is 0 Å². The van der Waals surface area contributed by atoms with Crippen LogP contribution in [0.2, 0.25) is 0 Å². The zero-order valence-electron chi connectivity index (χ0n) is 20.7. The lowest BCUT2D eigenvalue weighted by molar-refractivity contribution is 0.188. The van der Waals surface area contributed by atoms with Gasteiger partial charge >= 0.3 is 0 Å². The van der Waals surface area contributed by atoms with Gasteiger partial charge in [-0.05, 0) is 51.2 Å². The second-order valence-corrected chi connectivity index (χ2v) is 9.51. The van der Waals surface area contributed by atoms with Crippen LogP contribution in [-0.4, -0.2) is 42.6 Å². The molecule has 4 aromatic rings. The first-order chi connectivity index (χ1) is 16.9. The van der Waals surface area contributed by atoms with Gasteiger partial charge in [-0.1, -0.05) is 50.2 Å². The van der Waals surface area contributed by atoms with Crippen LogP contribution in [0.15, 0.2) is 59.1 Å². The lowest BCUT2D eigenvalue weighted by Gasteiger charge is -2.17. The fraction of sp³-hybridized carbons (Fsp3) is 0.321. The van der Waals surface area contributed by atoms with E-state index in [0.29, 0.717) is 36.1 Å². The van der Waals surface area contributed by atoms with Gasteiger partial charge in [-0.2, -0.15) is 0 Å². The molecule has 0 amide bonds. The van der Waals surface area contributed by atoms with Crippen molar-refractivity contribution >= 4 is 27.0 Å². The zero-order valence-corrected chi connectivity index (χ0v) is 22.3. The van der Waals surface area contributed by atoms with Gasteiger partial charge in [-0.15, -0.1) is 0 Å². The van der Waals surface area contributed by atoms with Crippen molar-refractivity contribution in [3.05, 3.63) is 75.8 Å². The lowest BCUT2D eigenvalue weighted by Crippen LogP contribution is -2.07. The van der Waals surface area contributed by atoms with E-state index in [9.17, 15) is 5.11 Å². The number of methoxy groups -OCH3 is 3. The van der Waals surface area contributed by atoms with Crippen molar-refractivity contribution in [1.82, 2.24) is 9.55 Å². The molecule has 184 valence electrons. The highest BCUT2D eigenvalue weighted by Crippen LogP contribution is 2.41. The molecule has 0 saturated carbocycles. The van der Waals surface area contributed by atoms with Crippen molar-refractivity contribution in [2.45, 2.75) is 32.4 Å². The Bertz CT molecular complexity index is 1320. The largest absolute Gasteiger partial charge is 0.497 e. The van der Waals surface area contributed by atoms with Gasteiger partial charge < -0.3 is 23.9 Å². The molecule has 0 aliphatic carbocycles. The summed E-state index contributed by atoms with van der Waals surface area (Å²) in [6, 6.07) is 17.8. The van der Waals surface area contributed by atoms with Crippen LogP contribution in [0.25, 0.3) is 22.4 Å². The minimum absolute atomic E-state index is 0.450. The second-order valence-electron chi connectivity index (χ2n) is 8.71. The van der Waals surface area contributed by atoms with E-state index >= 15 is 0 Å². The number of ether oxygens (including phenoxy) is 3. The molecule has 0 aliphatic heterocycles. The van der Waals surface area contributed by atoms with Crippen LogP contribution in [-0.2, 0) is 11.3 Å². The van der Waals surface area contributed by atoms with Crippen LogP contribution in [0.3, 0.4) is 0 Å². The Morgan fingerprint density at radius 1 is 0.971 bits per heavy atom. The van der Waals surface area contributed by atoms with E-state index in [0.717, 1.165) is 32.5 Å². The number of hydrogen-bond donors (Lipinski definition) is 1. The molecule has 1 aromatic heterocycles. The molecule has 1 N–H and O–H groups in total. The Morgan fingerprint density at radius 3 is 2.34 bits per heavy atom. The standard InChI is InChI=1S/C28H31BrN2O4/c1-17(2)18-9-11-19(12-10-18)28-30-25-24(29)22(27(32)20-7-6-8-21(15-20)34-4)16-23(35-5)26(25)31(28)13-14-33-3/h6-12,15-17,27,32H,13-14H2,1-5H3. The van der Waals surface area contributed by atoms with E-state index in [1.165, 1.54) is 5.56 Å². The van der Waals surface area contributed by atoms with Crippen molar-refractivity contribution in [2.24, 2.45) is 0 Å². The maximum absolute atomic E-state index is 11.3. The zero-order chi connectivity index (χ0) is 25.1. The number of aliphatic hydroxyl groups excluding tert-OH is 1. The molecule has 1 unspecified atom stereocenters. The third-order valence-electron chi connectivity index (χ3n) is 6.23. The number of imidazole rings is 1. The fourth-order valence-electron chi connectivity index (χ4n) is 4.25. The quantitative estimate of drug-likeness (QED) is 0.269. The molecule has 3 aromatic carbocycles. The molecule has 35 heavy (non-hydrogen) atoms. The number of fused-ring (bicyclic) bond motifs is 1. The third kappa shape index (κ3) is 4.94. The average Bonchev–Trinajstić information content (AvgIpc) is 3.27. The minimum atomic E-state index is -0.893. The number of benzene rings is 3. The Balaban J connectivity index is 1.91. The first kappa shape index (κ1) is 25.2. The molecule has 1 heterocycles. The predicted molar refractivity (Wildman–Crippen MR) is 142 cm³/mol. The normalized spacial score (nSPS) is 12.3. The van der Waals surface area contributed by atoms with E-state index in [-0.39, 0.29) is 0 Å². The number of hydrogen-bond acceptors (Lipinski definition) is 5.